The first-order valence-electron chi connectivity index (χ1n) is 21.3. The number of fused-ring (bicyclic) bond motifs is 3. The van der Waals surface area contributed by atoms with Gasteiger partial charge in [0, 0.05) is 33.5 Å². The lowest BCUT2D eigenvalue weighted by atomic mass is 9.85. The molecule has 0 aliphatic carbocycles. The van der Waals surface area contributed by atoms with Crippen LogP contribution in [0.3, 0.4) is 0 Å². The molecule has 0 aliphatic rings. The summed E-state index contributed by atoms with van der Waals surface area (Å²) in [7, 11) is 0. The number of hydrogen-bond donors (Lipinski definition) is 0. The molecule has 0 fully saturated rings. The van der Waals surface area contributed by atoms with E-state index < -0.39 is 0 Å². The topological polar surface area (TPSA) is 6.48 Å². The first-order chi connectivity index (χ1) is 30.8. The highest BCUT2D eigenvalue weighted by Gasteiger charge is 2.21. The Morgan fingerprint density at radius 3 is 0.984 bits per heavy atom. The minimum Gasteiger partial charge on any atom is -0.310 e. The van der Waals surface area contributed by atoms with E-state index in [1.54, 1.807) is 0 Å². The molecule has 0 atom stereocenters. The van der Waals surface area contributed by atoms with Gasteiger partial charge in [-0.05, 0) is 122 Å². The molecule has 0 aliphatic heterocycles. The molecule has 292 valence electrons. The SMILES string of the molecule is c1ccc(-c2c3ccccc3c(-c3ccccc3)c3cc(-c4ccc(N(c5ccccc5)c5cccc6c(N(c7ccccc7)c7ccccc7)cccc56)cc4)ccc23)cc1. The van der Waals surface area contributed by atoms with E-state index in [0.717, 1.165) is 34.1 Å². The summed E-state index contributed by atoms with van der Waals surface area (Å²) in [4.78, 5) is 4.74. The van der Waals surface area contributed by atoms with Crippen LogP contribution < -0.4 is 9.80 Å². The molecule has 0 aromatic heterocycles. The van der Waals surface area contributed by atoms with Crippen molar-refractivity contribution < 1.29 is 0 Å². The van der Waals surface area contributed by atoms with Gasteiger partial charge in [0.2, 0.25) is 0 Å². The predicted octanol–water partition coefficient (Wildman–Crippen LogP) is 17.1. The summed E-state index contributed by atoms with van der Waals surface area (Å²) in [5.41, 5.74) is 14.0. The second-order valence-corrected chi connectivity index (χ2v) is 15.7. The van der Waals surface area contributed by atoms with Gasteiger partial charge in [0.15, 0.2) is 0 Å². The fourth-order valence-electron chi connectivity index (χ4n) is 9.25. The lowest BCUT2D eigenvalue weighted by Crippen LogP contribution is -2.12. The average Bonchev–Trinajstić information content (AvgIpc) is 3.35. The van der Waals surface area contributed by atoms with Crippen LogP contribution in [0, 0.1) is 0 Å². The van der Waals surface area contributed by atoms with Gasteiger partial charge < -0.3 is 9.80 Å². The normalized spacial score (nSPS) is 11.2. The van der Waals surface area contributed by atoms with E-state index in [2.05, 4.69) is 265 Å². The van der Waals surface area contributed by atoms with Crippen molar-refractivity contribution in [2.24, 2.45) is 0 Å². The van der Waals surface area contributed by atoms with Crippen LogP contribution in [0.5, 0.6) is 0 Å². The van der Waals surface area contributed by atoms with Crippen LogP contribution >= 0.6 is 0 Å². The largest absolute Gasteiger partial charge is 0.310 e. The van der Waals surface area contributed by atoms with E-state index in [4.69, 9.17) is 0 Å². The van der Waals surface area contributed by atoms with E-state index in [1.807, 2.05) is 0 Å². The zero-order valence-corrected chi connectivity index (χ0v) is 34.1. The molecule has 2 heteroatoms. The van der Waals surface area contributed by atoms with E-state index in [0.29, 0.717) is 0 Å². The highest BCUT2D eigenvalue weighted by molar-refractivity contribution is 6.22. The van der Waals surface area contributed by atoms with Gasteiger partial charge in [0.25, 0.3) is 0 Å². The van der Waals surface area contributed by atoms with Crippen molar-refractivity contribution in [3.05, 3.63) is 255 Å². The standard InChI is InChI=1S/C60H42N2/c1-6-20-44(21-7-1)59-53-30-16-17-31-54(53)60(45-22-8-2-9-23-45)56-42-46(38-41-55(56)59)43-36-39-50(40-37-43)62(49-28-14-5-15-29-49)58-35-19-32-51-52(58)33-18-34-57(51)61(47-24-10-3-11-25-47)48-26-12-4-13-27-48/h1-42H. The van der Waals surface area contributed by atoms with Crippen molar-refractivity contribution in [3.8, 4) is 33.4 Å². The van der Waals surface area contributed by atoms with Crippen LogP contribution in [0.4, 0.5) is 34.1 Å². The van der Waals surface area contributed by atoms with Gasteiger partial charge in [-0.25, -0.2) is 0 Å². The fourth-order valence-corrected chi connectivity index (χ4v) is 9.25. The van der Waals surface area contributed by atoms with Gasteiger partial charge in [-0.1, -0.05) is 188 Å². The summed E-state index contributed by atoms with van der Waals surface area (Å²) < 4.78 is 0. The highest BCUT2D eigenvalue weighted by atomic mass is 15.2. The zero-order chi connectivity index (χ0) is 41.2. The molecule has 0 saturated carbocycles. The maximum absolute atomic E-state index is 2.40. The first-order valence-corrected chi connectivity index (χ1v) is 21.3. The molecule has 2 nitrogen and oxygen atoms in total. The maximum Gasteiger partial charge on any atom is 0.0540 e. The highest BCUT2D eigenvalue weighted by Crippen LogP contribution is 2.47. The zero-order valence-electron chi connectivity index (χ0n) is 34.1. The molecule has 11 aromatic rings. The van der Waals surface area contributed by atoms with E-state index in [9.17, 15) is 0 Å². The predicted molar refractivity (Wildman–Crippen MR) is 265 cm³/mol. The Morgan fingerprint density at radius 2 is 0.532 bits per heavy atom. The Morgan fingerprint density at radius 1 is 0.194 bits per heavy atom. The average molecular weight is 791 g/mol. The number of rotatable bonds is 9. The smallest absolute Gasteiger partial charge is 0.0540 e. The lowest BCUT2D eigenvalue weighted by Gasteiger charge is -2.29. The Labute approximate surface area is 362 Å². The summed E-state index contributed by atoms with van der Waals surface area (Å²) in [5.74, 6) is 0. The molecule has 11 rings (SSSR count). The monoisotopic (exact) mass is 790 g/mol. The summed E-state index contributed by atoms with van der Waals surface area (Å²) in [6.45, 7) is 0. The molecule has 0 saturated heterocycles. The Hall–Kier alpha value is -8.20. The third kappa shape index (κ3) is 6.65. The van der Waals surface area contributed by atoms with E-state index >= 15 is 0 Å². The van der Waals surface area contributed by atoms with Gasteiger partial charge in [-0.15, -0.1) is 0 Å². The molecular formula is C60H42N2. The van der Waals surface area contributed by atoms with Gasteiger partial charge in [0.05, 0.1) is 11.4 Å². The van der Waals surface area contributed by atoms with Crippen molar-refractivity contribution in [1.29, 1.82) is 0 Å². The van der Waals surface area contributed by atoms with Crippen molar-refractivity contribution in [1.82, 2.24) is 0 Å². The van der Waals surface area contributed by atoms with Crippen molar-refractivity contribution in [3.63, 3.8) is 0 Å². The number of para-hydroxylation sites is 3. The Balaban J connectivity index is 1.06. The van der Waals surface area contributed by atoms with Gasteiger partial charge in [-0.3, -0.25) is 0 Å². The van der Waals surface area contributed by atoms with Gasteiger partial charge >= 0.3 is 0 Å². The lowest BCUT2D eigenvalue weighted by molar-refractivity contribution is 1.28. The van der Waals surface area contributed by atoms with Crippen molar-refractivity contribution in [2.75, 3.05) is 9.80 Å². The molecule has 0 heterocycles. The van der Waals surface area contributed by atoms with Crippen molar-refractivity contribution in [2.45, 2.75) is 0 Å². The molecule has 0 unspecified atom stereocenters. The summed E-state index contributed by atoms with van der Waals surface area (Å²) in [5, 5.41) is 7.34. The number of hydrogen-bond acceptors (Lipinski definition) is 2. The third-order valence-corrected chi connectivity index (χ3v) is 12.0. The van der Waals surface area contributed by atoms with Crippen LogP contribution in [0.25, 0.3) is 65.7 Å². The molecule has 0 bridgehead atoms. The summed E-state index contributed by atoms with van der Waals surface area (Å²) >= 11 is 0. The van der Waals surface area contributed by atoms with Gasteiger partial charge in [0.1, 0.15) is 0 Å². The van der Waals surface area contributed by atoms with Crippen LogP contribution in [-0.4, -0.2) is 0 Å². The van der Waals surface area contributed by atoms with Crippen molar-refractivity contribution >= 4 is 66.4 Å². The molecule has 11 aromatic carbocycles. The molecule has 0 amide bonds. The third-order valence-electron chi connectivity index (χ3n) is 12.0. The molecule has 0 radical (unpaired) electrons. The molecule has 0 spiro atoms. The minimum atomic E-state index is 1.09. The quantitative estimate of drug-likeness (QED) is 0.134. The molecular weight excluding hydrogens is 749 g/mol. The van der Waals surface area contributed by atoms with E-state index in [-0.39, 0.29) is 0 Å². The summed E-state index contributed by atoms with van der Waals surface area (Å²) in [6.07, 6.45) is 0. The second-order valence-electron chi connectivity index (χ2n) is 15.7. The number of anilines is 6. The number of benzene rings is 11. The number of nitrogens with zero attached hydrogens (tertiary/aromatic N) is 2. The first kappa shape index (κ1) is 36.8. The van der Waals surface area contributed by atoms with Crippen LogP contribution in [0.15, 0.2) is 255 Å². The Kier molecular flexibility index (Phi) is 9.57. The molecule has 0 N–H and O–H groups in total. The minimum absolute atomic E-state index is 1.09. The van der Waals surface area contributed by atoms with Crippen LogP contribution in [-0.2, 0) is 0 Å². The fraction of sp³-hybridized carbons (Fsp3) is 0. The molecule has 62 heavy (non-hydrogen) atoms. The Bertz CT molecular complexity index is 3270. The maximum atomic E-state index is 2.40. The summed E-state index contributed by atoms with van der Waals surface area (Å²) in [6, 6.07) is 92.0. The van der Waals surface area contributed by atoms with Gasteiger partial charge in [-0.2, -0.15) is 0 Å². The van der Waals surface area contributed by atoms with E-state index in [1.165, 1.54) is 65.7 Å². The van der Waals surface area contributed by atoms with Crippen LogP contribution in [0.2, 0.25) is 0 Å². The second kappa shape index (κ2) is 16.1. The van der Waals surface area contributed by atoms with Crippen LogP contribution in [0.1, 0.15) is 0 Å².